The number of carbonyl (C=O) groups is 1. The SMILES string of the molecule is O=C(C1=NN(c2ccc(Cl)cc2Cl)C(c2ccc(Cl)cc2)C1)N1CCC2CCCC=C2C1. The van der Waals surface area contributed by atoms with Crippen molar-refractivity contribution < 1.29 is 4.79 Å². The van der Waals surface area contributed by atoms with Crippen LogP contribution in [0, 0.1) is 5.92 Å². The number of benzene rings is 2. The van der Waals surface area contributed by atoms with Crippen molar-refractivity contribution in [2.45, 2.75) is 38.1 Å². The van der Waals surface area contributed by atoms with Crippen molar-refractivity contribution in [2.75, 3.05) is 18.1 Å². The van der Waals surface area contributed by atoms with Gasteiger partial charge in [-0.3, -0.25) is 9.80 Å². The van der Waals surface area contributed by atoms with Crippen molar-refractivity contribution >= 4 is 52.1 Å². The van der Waals surface area contributed by atoms with Crippen molar-refractivity contribution in [3.8, 4) is 0 Å². The van der Waals surface area contributed by atoms with Crippen LogP contribution in [0.5, 0.6) is 0 Å². The summed E-state index contributed by atoms with van der Waals surface area (Å²) in [7, 11) is 0. The van der Waals surface area contributed by atoms with Gasteiger partial charge in [-0.2, -0.15) is 5.10 Å². The van der Waals surface area contributed by atoms with Gasteiger partial charge in [-0.15, -0.1) is 0 Å². The number of fused-ring (bicyclic) bond motifs is 1. The van der Waals surface area contributed by atoms with Crippen LogP contribution in [0.3, 0.4) is 0 Å². The van der Waals surface area contributed by atoms with E-state index in [0.29, 0.717) is 33.1 Å². The molecule has 2 aromatic carbocycles. The normalized spacial score (nSPS) is 23.0. The van der Waals surface area contributed by atoms with Crippen LogP contribution < -0.4 is 5.01 Å². The van der Waals surface area contributed by atoms with E-state index in [1.54, 1.807) is 12.1 Å². The van der Waals surface area contributed by atoms with E-state index in [9.17, 15) is 4.79 Å². The summed E-state index contributed by atoms with van der Waals surface area (Å²) in [5.41, 5.74) is 3.74. The predicted molar refractivity (Wildman–Crippen MR) is 132 cm³/mol. The van der Waals surface area contributed by atoms with Crippen LogP contribution in [-0.2, 0) is 4.79 Å². The summed E-state index contributed by atoms with van der Waals surface area (Å²) in [6.45, 7) is 1.50. The number of halogens is 3. The van der Waals surface area contributed by atoms with Gasteiger partial charge in [0.15, 0.2) is 0 Å². The molecule has 4 nitrogen and oxygen atoms in total. The first-order chi connectivity index (χ1) is 15.5. The van der Waals surface area contributed by atoms with E-state index < -0.39 is 0 Å². The Labute approximate surface area is 203 Å². The number of anilines is 1. The molecule has 2 aliphatic heterocycles. The van der Waals surface area contributed by atoms with E-state index in [0.717, 1.165) is 37.2 Å². The molecule has 2 heterocycles. The molecular formula is C25H24Cl3N3O. The smallest absolute Gasteiger partial charge is 0.270 e. The molecule has 0 aromatic heterocycles. The first-order valence-electron chi connectivity index (χ1n) is 11.0. The fraction of sp³-hybridized carbons (Fsp3) is 0.360. The zero-order chi connectivity index (χ0) is 22.2. The topological polar surface area (TPSA) is 35.9 Å². The summed E-state index contributed by atoms with van der Waals surface area (Å²) >= 11 is 18.7. The van der Waals surface area contributed by atoms with Crippen molar-refractivity contribution in [2.24, 2.45) is 11.0 Å². The maximum atomic E-state index is 13.5. The van der Waals surface area contributed by atoms with Crippen molar-refractivity contribution in [3.63, 3.8) is 0 Å². The third-order valence-electron chi connectivity index (χ3n) is 6.66. The van der Waals surface area contributed by atoms with Crippen molar-refractivity contribution in [1.82, 2.24) is 4.90 Å². The monoisotopic (exact) mass is 487 g/mol. The fourth-order valence-electron chi connectivity index (χ4n) is 4.97. The molecule has 2 unspecified atom stereocenters. The van der Waals surface area contributed by atoms with Crippen molar-refractivity contribution in [1.29, 1.82) is 0 Å². The lowest BCUT2D eigenvalue weighted by molar-refractivity contribution is -0.124. The van der Waals surface area contributed by atoms with Crippen LogP contribution in [-0.4, -0.2) is 29.6 Å². The van der Waals surface area contributed by atoms with E-state index in [1.165, 1.54) is 18.4 Å². The van der Waals surface area contributed by atoms with Crippen LogP contribution in [0.15, 0.2) is 59.2 Å². The van der Waals surface area contributed by atoms with Gasteiger partial charge in [0.1, 0.15) is 5.71 Å². The Bertz CT molecular complexity index is 1100. The van der Waals surface area contributed by atoms with Crippen LogP contribution in [0.25, 0.3) is 0 Å². The lowest BCUT2D eigenvalue weighted by Gasteiger charge is -2.36. The maximum Gasteiger partial charge on any atom is 0.270 e. The lowest BCUT2D eigenvalue weighted by Crippen LogP contribution is -2.43. The number of likely N-dealkylation sites (tertiary alicyclic amines) is 1. The van der Waals surface area contributed by atoms with Crippen LogP contribution in [0.4, 0.5) is 5.69 Å². The summed E-state index contributed by atoms with van der Waals surface area (Å²) in [6.07, 6.45) is 7.51. The van der Waals surface area contributed by atoms with Crippen molar-refractivity contribution in [3.05, 3.63) is 74.7 Å². The highest BCUT2D eigenvalue weighted by molar-refractivity contribution is 6.40. The Kier molecular flexibility index (Phi) is 6.20. The number of amides is 1. The van der Waals surface area contributed by atoms with Gasteiger partial charge >= 0.3 is 0 Å². The Morgan fingerprint density at radius 3 is 2.56 bits per heavy atom. The van der Waals surface area contributed by atoms with Gasteiger partial charge in [0.25, 0.3) is 5.91 Å². The third kappa shape index (κ3) is 4.28. The van der Waals surface area contributed by atoms with E-state index in [1.807, 2.05) is 40.2 Å². The molecule has 1 saturated heterocycles. The predicted octanol–water partition coefficient (Wildman–Crippen LogP) is 6.91. The summed E-state index contributed by atoms with van der Waals surface area (Å²) in [6, 6.07) is 12.9. The molecule has 0 spiro atoms. The third-order valence-corrected chi connectivity index (χ3v) is 7.45. The molecule has 1 aliphatic carbocycles. The highest BCUT2D eigenvalue weighted by atomic mass is 35.5. The van der Waals surface area contributed by atoms with E-state index in [4.69, 9.17) is 39.9 Å². The van der Waals surface area contributed by atoms with Gasteiger partial charge in [0.05, 0.1) is 16.8 Å². The minimum absolute atomic E-state index is 0.0153. The van der Waals surface area contributed by atoms with Gasteiger partial charge in [-0.25, -0.2) is 0 Å². The molecule has 1 fully saturated rings. The Morgan fingerprint density at radius 1 is 1.00 bits per heavy atom. The number of rotatable bonds is 3. The molecule has 1 amide bonds. The van der Waals surface area contributed by atoms with E-state index in [-0.39, 0.29) is 11.9 Å². The Balaban J connectivity index is 1.45. The number of piperidine rings is 1. The zero-order valence-electron chi connectivity index (χ0n) is 17.6. The van der Waals surface area contributed by atoms with Gasteiger partial charge in [-0.05, 0) is 67.5 Å². The van der Waals surface area contributed by atoms with Crippen LogP contribution in [0.2, 0.25) is 15.1 Å². The molecule has 2 aromatic rings. The number of hydrazone groups is 1. The number of hydrogen-bond donors (Lipinski definition) is 0. The second-order valence-electron chi connectivity index (χ2n) is 8.68. The quantitative estimate of drug-likeness (QED) is 0.440. The molecule has 3 aliphatic rings. The van der Waals surface area contributed by atoms with Crippen LogP contribution >= 0.6 is 34.8 Å². The molecule has 0 radical (unpaired) electrons. The minimum atomic E-state index is -0.142. The molecule has 0 saturated carbocycles. The Morgan fingerprint density at radius 2 is 1.78 bits per heavy atom. The van der Waals surface area contributed by atoms with E-state index >= 15 is 0 Å². The lowest BCUT2D eigenvalue weighted by atomic mass is 9.82. The average Bonchev–Trinajstić information content (AvgIpc) is 3.24. The molecular weight excluding hydrogens is 465 g/mol. The molecule has 166 valence electrons. The van der Waals surface area contributed by atoms with Gasteiger partial charge in [0, 0.05) is 29.6 Å². The van der Waals surface area contributed by atoms with Gasteiger partial charge in [-0.1, -0.05) is 58.6 Å². The van der Waals surface area contributed by atoms with Gasteiger partial charge in [0.2, 0.25) is 0 Å². The zero-order valence-corrected chi connectivity index (χ0v) is 19.9. The largest absolute Gasteiger partial charge is 0.334 e. The second-order valence-corrected chi connectivity index (χ2v) is 9.96. The standard InChI is InChI=1S/C25H24Cl3N3O/c26-19-7-5-17(6-8-19)24-14-22(29-31(24)23-10-9-20(27)13-21(23)28)25(32)30-12-11-16-3-1-2-4-18(16)15-30/h4-10,13,16,24H,1-3,11-12,14-15H2. The first-order valence-corrected chi connectivity index (χ1v) is 12.2. The average molecular weight is 489 g/mol. The Hall–Kier alpha value is -2.01. The molecule has 7 heteroatoms. The number of nitrogens with zero attached hydrogens (tertiary/aromatic N) is 3. The van der Waals surface area contributed by atoms with E-state index in [2.05, 4.69) is 6.08 Å². The van der Waals surface area contributed by atoms with Crippen LogP contribution in [0.1, 0.15) is 43.7 Å². The summed E-state index contributed by atoms with van der Waals surface area (Å²) in [4.78, 5) is 15.4. The summed E-state index contributed by atoms with van der Waals surface area (Å²) in [5.74, 6) is 0.658. The molecule has 0 N–H and O–H groups in total. The highest BCUT2D eigenvalue weighted by Gasteiger charge is 2.37. The maximum absolute atomic E-state index is 13.5. The molecule has 2 atom stereocenters. The van der Waals surface area contributed by atoms with Gasteiger partial charge < -0.3 is 4.90 Å². The molecule has 32 heavy (non-hydrogen) atoms. The summed E-state index contributed by atoms with van der Waals surface area (Å²) in [5, 5.41) is 8.37. The second kappa shape index (κ2) is 9.09. The minimum Gasteiger partial charge on any atom is -0.334 e. The number of hydrogen-bond acceptors (Lipinski definition) is 3. The molecule has 0 bridgehead atoms. The first kappa shape index (κ1) is 21.8. The fourth-order valence-corrected chi connectivity index (χ4v) is 5.59. The number of carbonyl (C=O) groups excluding carboxylic acids is 1. The number of allylic oxidation sites excluding steroid dienone is 1. The summed E-state index contributed by atoms with van der Waals surface area (Å²) < 4.78 is 0. The highest BCUT2D eigenvalue weighted by Crippen LogP contribution is 2.40. The molecule has 5 rings (SSSR count).